The Morgan fingerprint density at radius 1 is 0.923 bits per heavy atom. The largest absolute Gasteiger partial charge is 0.496 e. The molecule has 1 aliphatic rings. The van der Waals surface area contributed by atoms with Gasteiger partial charge in [0.25, 0.3) is 17.5 Å². The third kappa shape index (κ3) is 2.07. The average Bonchev–Trinajstić information content (AvgIpc) is 2.91. The maximum absolute atomic E-state index is 12.8. The zero-order chi connectivity index (χ0) is 18.4. The summed E-state index contributed by atoms with van der Waals surface area (Å²) < 4.78 is 5.28. The monoisotopic (exact) mass is 348 g/mol. The van der Waals surface area contributed by atoms with Crippen LogP contribution in [0.5, 0.6) is 5.75 Å². The van der Waals surface area contributed by atoms with Crippen LogP contribution in [-0.4, -0.2) is 23.8 Å². The molecule has 7 heteroatoms. The number of carbonyl (C=O) groups excluding carboxylic acids is 2. The maximum Gasteiger partial charge on any atom is 0.279 e. The molecule has 0 saturated carbocycles. The topological polar surface area (TPSA) is 89.8 Å². The van der Waals surface area contributed by atoms with Crippen LogP contribution in [0.3, 0.4) is 0 Å². The number of anilines is 1. The van der Waals surface area contributed by atoms with Gasteiger partial charge < -0.3 is 4.74 Å². The summed E-state index contributed by atoms with van der Waals surface area (Å²) >= 11 is 0. The first-order valence-corrected chi connectivity index (χ1v) is 7.76. The minimum atomic E-state index is -0.538. The second-order valence-electron chi connectivity index (χ2n) is 5.74. The van der Waals surface area contributed by atoms with Gasteiger partial charge in [0.1, 0.15) is 5.75 Å². The Morgan fingerprint density at radius 2 is 1.58 bits per heavy atom. The first-order chi connectivity index (χ1) is 12.5. The minimum Gasteiger partial charge on any atom is -0.496 e. The molecule has 0 N–H and O–H groups in total. The highest BCUT2D eigenvalue weighted by atomic mass is 16.6. The minimum absolute atomic E-state index is 0.166. The van der Waals surface area contributed by atoms with E-state index in [1.165, 1.54) is 25.3 Å². The van der Waals surface area contributed by atoms with E-state index in [0.29, 0.717) is 11.1 Å². The number of ether oxygens (including phenoxy) is 1. The second-order valence-corrected chi connectivity index (χ2v) is 5.74. The molecular weight excluding hydrogens is 336 g/mol. The summed E-state index contributed by atoms with van der Waals surface area (Å²) in [6.45, 7) is 0. The van der Waals surface area contributed by atoms with E-state index in [1.807, 2.05) is 0 Å². The lowest BCUT2D eigenvalue weighted by Gasteiger charge is -2.17. The number of nitro benzene ring substituents is 1. The number of methoxy groups -OCH3 is 1. The van der Waals surface area contributed by atoms with Gasteiger partial charge >= 0.3 is 0 Å². The molecule has 0 fully saturated rings. The van der Waals surface area contributed by atoms with Crippen LogP contribution >= 0.6 is 0 Å². The molecule has 0 aromatic heterocycles. The summed E-state index contributed by atoms with van der Waals surface area (Å²) in [7, 11) is 1.45. The summed E-state index contributed by atoms with van der Waals surface area (Å²) in [5.74, 6) is -0.588. The van der Waals surface area contributed by atoms with Crippen LogP contribution in [0.1, 0.15) is 20.7 Å². The van der Waals surface area contributed by atoms with Crippen LogP contribution in [0.25, 0.3) is 10.8 Å². The molecule has 3 aromatic carbocycles. The van der Waals surface area contributed by atoms with Crippen molar-refractivity contribution in [3.8, 4) is 5.75 Å². The maximum atomic E-state index is 12.8. The number of hydrogen-bond acceptors (Lipinski definition) is 5. The summed E-state index contributed by atoms with van der Waals surface area (Å²) in [5, 5.41) is 12.2. The van der Waals surface area contributed by atoms with Gasteiger partial charge in [-0.25, -0.2) is 4.90 Å². The Labute approximate surface area is 147 Å². The van der Waals surface area contributed by atoms with E-state index in [1.54, 1.807) is 36.4 Å². The second kappa shape index (κ2) is 5.66. The quantitative estimate of drug-likeness (QED) is 0.410. The van der Waals surface area contributed by atoms with Gasteiger partial charge in [-0.2, -0.15) is 0 Å². The van der Waals surface area contributed by atoms with E-state index in [9.17, 15) is 19.7 Å². The Balaban J connectivity index is 2.03. The number of benzene rings is 3. The number of imide groups is 1. The molecule has 0 spiro atoms. The van der Waals surface area contributed by atoms with Crippen molar-refractivity contribution in [2.75, 3.05) is 12.0 Å². The van der Waals surface area contributed by atoms with Crippen molar-refractivity contribution in [2.24, 2.45) is 0 Å². The average molecular weight is 348 g/mol. The molecule has 0 atom stereocenters. The molecule has 0 aliphatic carbocycles. The Morgan fingerprint density at radius 3 is 2.15 bits per heavy atom. The zero-order valence-electron chi connectivity index (χ0n) is 13.6. The summed E-state index contributed by atoms with van der Waals surface area (Å²) in [5.41, 5.74) is 0.521. The number of rotatable bonds is 3. The molecule has 1 heterocycles. The first-order valence-electron chi connectivity index (χ1n) is 7.76. The summed E-state index contributed by atoms with van der Waals surface area (Å²) in [6, 6.07) is 14.1. The number of hydrogen-bond donors (Lipinski definition) is 0. The SMILES string of the molecule is COc1ccc([N+](=O)[O-])c2c(N3C(=O)c4ccccc4C3=O)cccc12. The molecule has 7 nitrogen and oxygen atoms in total. The number of nitro groups is 1. The fourth-order valence-corrected chi connectivity index (χ4v) is 3.27. The van der Waals surface area contributed by atoms with Crippen molar-refractivity contribution >= 4 is 34.0 Å². The lowest BCUT2D eigenvalue weighted by Crippen LogP contribution is -2.29. The number of nitrogens with zero attached hydrogens (tertiary/aromatic N) is 2. The first kappa shape index (κ1) is 15.8. The van der Waals surface area contributed by atoms with Gasteiger partial charge in [-0.3, -0.25) is 19.7 Å². The smallest absolute Gasteiger partial charge is 0.279 e. The molecule has 1 aliphatic heterocycles. The van der Waals surface area contributed by atoms with Gasteiger partial charge in [0, 0.05) is 11.5 Å². The standard InChI is InChI=1S/C19H12N2O5/c1-26-16-10-9-15(21(24)25)17-13(16)7-4-8-14(17)20-18(22)11-5-2-3-6-12(11)19(20)23/h2-10H,1H3. The van der Waals surface area contributed by atoms with E-state index < -0.39 is 16.7 Å². The van der Waals surface area contributed by atoms with Crippen LogP contribution in [-0.2, 0) is 0 Å². The van der Waals surface area contributed by atoms with Crippen molar-refractivity contribution in [3.63, 3.8) is 0 Å². The molecule has 0 radical (unpaired) electrons. The van der Waals surface area contributed by atoms with Crippen LogP contribution in [0.4, 0.5) is 11.4 Å². The highest BCUT2D eigenvalue weighted by Gasteiger charge is 2.38. The lowest BCUT2D eigenvalue weighted by atomic mass is 10.0. The molecule has 2 amide bonds. The predicted octanol–water partition coefficient (Wildman–Crippen LogP) is 3.56. The van der Waals surface area contributed by atoms with E-state index in [0.717, 1.165) is 4.90 Å². The van der Waals surface area contributed by atoms with Crippen LogP contribution in [0, 0.1) is 10.1 Å². The zero-order valence-corrected chi connectivity index (χ0v) is 13.6. The Bertz CT molecular complexity index is 1070. The molecule has 4 rings (SSSR count). The normalized spacial score (nSPS) is 13.2. The van der Waals surface area contributed by atoms with Crippen molar-refractivity contribution < 1.29 is 19.2 Å². The van der Waals surface area contributed by atoms with Crippen molar-refractivity contribution in [3.05, 3.63) is 75.8 Å². The van der Waals surface area contributed by atoms with Crippen molar-refractivity contribution in [2.45, 2.75) is 0 Å². The van der Waals surface area contributed by atoms with E-state index in [4.69, 9.17) is 4.74 Å². The van der Waals surface area contributed by atoms with Gasteiger partial charge in [0.05, 0.1) is 34.2 Å². The van der Waals surface area contributed by atoms with Crippen LogP contribution < -0.4 is 9.64 Å². The van der Waals surface area contributed by atoms with Gasteiger partial charge in [0.15, 0.2) is 0 Å². The predicted molar refractivity (Wildman–Crippen MR) is 94.7 cm³/mol. The van der Waals surface area contributed by atoms with Crippen molar-refractivity contribution in [1.82, 2.24) is 0 Å². The molecule has 0 saturated heterocycles. The van der Waals surface area contributed by atoms with E-state index >= 15 is 0 Å². The molecular formula is C19H12N2O5. The fraction of sp³-hybridized carbons (Fsp3) is 0.0526. The van der Waals surface area contributed by atoms with E-state index in [-0.39, 0.29) is 27.9 Å². The number of amides is 2. The van der Waals surface area contributed by atoms with Crippen LogP contribution in [0.2, 0.25) is 0 Å². The fourth-order valence-electron chi connectivity index (χ4n) is 3.27. The molecule has 128 valence electrons. The number of non-ortho nitro benzene ring substituents is 1. The lowest BCUT2D eigenvalue weighted by molar-refractivity contribution is -0.383. The number of carbonyl (C=O) groups is 2. The van der Waals surface area contributed by atoms with Gasteiger partial charge in [0.2, 0.25) is 0 Å². The van der Waals surface area contributed by atoms with Gasteiger partial charge in [-0.15, -0.1) is 0 Å². The van der Waals surface area contributed by atoms with E-state index in [2.05, 4.69) is 0 Å². The third-order valence-corrected chi connectivity index (χ3v) is 4.41. The molecule has 0 bridgehead atoms. The Kier molecular flexibility index (Phi) is 3.43. The highest BCUT2D eigenvalue weighted by Crippen LogP contribution is 2.41. The van der Waals surface area contributed by atoms with Gasteiger partial charge in [-0.1, -0.05) is 24.3 Å². The molecule has 26 heavy (non-hydrogen) atoms. The Hall–Kier alpha value is -3.74. The third-order valence-electron chi connectivity index (χ3n) is 4.41. The van der Waals surface area contributed by atoms with Gasteiger partial charge in [-0.05, 0) is 24.3 Å². The molecule has 0 unspecified atom stereocenters. The van der Waals surface area contributed by atoms with Crippen LogP contribution in [0.15, 0.2) is 54.6 Å². The summed E-state index contributed by atoms with van der Waals surface area (Å²) in [4.78, 5) is 37.6. The molecule has 3 aromatic rings. The number of fused-ring (bicyclic) bond motifs is 2. The summed E-state index contributed by atoms with van der Waals surface area (Å²) in [6.07, 6.45) is 0. The van der Waals surface area contributed by atoms with Crippen molar-refractivity contribution in [1.29, 1.82) is 0 Å². The highest BCUT2D eigenvalue weighted by molar-refractivity contribution is 6.36.